The van der Waals surface area contributed by atoms with Crippen LogP contribution in [0.3, 0.4) is 0 Å². The topological polar surface area (TPSA) is 93.1 Å². The summed E-state index contributed by atoms with van der Waals surface area (Å²) in [5.74, 6) is 3.83. The third-order valence-electron chi connectivity index (χ3n) is 5.70. The summed E-state index contributed by atoms with van der Waals surface area (Å²) in [5, 5.41) is 7.90. The number of nitrogens with zero attached hydrogens (tertiary/aromatic N) is 5. The van der Waals surface area contributed by atoms with Gasteiger partial charge in [-0.3, -0.25) is 5.10 Å². The monoisotopic (exact) mass is 429 g/mol. The third kappa shape index (κ3) is 4.04. The maximum Gasteiger partial charge on any atom is 0.214 e. The Balaban J connectivity index is 1.40. The van der Waals surface area contributed by atoms with Gasteiger partial charge in [0.15, 0.2) is 11.5 Å². The summed E-state index contributed by atoms with van der Waals surface area (Å²) < 4.78 is 13.3. The van der Waals surface area contributed by atoms with Crippen LogP contribution in [-0.2, 0) is 0 Å². The van der Waals surface area contributed by atoms with E-state index in [9.17, 15) is 0 Å². The molecule has 0 saturated carbocycles. The first-order valence-corrected chi connectivity index (χ1v) is 10.5. The van der Waals surface area contributed by atoms with Crippen LogP contribution < -0.4 is 19.8 Å². The first-order chi connectivity index (χ1) is 14.6. The van der Waals surface area contributed by atoms with Crippen molar-refractivity contribution in [2.75, 3.05) is 44.2 Å². The molecule has 1 aliphatic heterocycles. The Labute approximate surface area is 180 Å². The average molecular weight is 430 g/mol. The van der Waals surface area contributed by atoms with E-state index in [0.717, 1.165) is 61.4 Å². The van der Waals surface area contributed by atoms with Gasteiger partial charge in [0.25, 0.3) is 0 Å². The van der Waals surface area contributed by atoms with Crippen molar-refractivity contribution >= 4 is 28.9 Å². The zero-order valence-electron chi connectivity index (χ0n) is 17.5. The van der Waals surface area contributed by atoms with Crippen LogP contribution in [0.2, 0.25) is 0 Å². The molecule has 2 N–H and O–H groups in total. The summed E-state index contributed by atoms with van der Waals surface area (Å²) in [6.45, 7) is 4.73. The fourth-order valence-corrected chi connectivity index (χ4v) is 4.24. The van der Waals surface area contributed by atoms with Crippen molar-refractivity contribution in [3.8, 4) is 11.5 Å². The van der Waals surface area contributed by atoms with Crippen molar-refractivity contribution in [3.63, 3.8) is 0 Å². The molecule has 0 spiro atoms. The number of benzene rings is 1. The number of anilines is 1. The molecule has 0 aliphatic carbocycles. The van der Waals surface area contributed by atoms with E-state index < -0.39 is 0 Å². The number of hydrogen-bond acceptors (Lipinski definition) is 8. The predicted molar refractivity (Wildman–Crippen MR) is 119 cm³/mol. The van der Waals surface area contributed by atoms with Gasteiger partial charge in [-0.05, 0) is 50.4 Å². The van der Waals surface area contributed by atoms with E-state index in [1.54, 1.807) is 20.5 Å². The highest BCUT2D eigenvalue weighted by molar-refractivity contribution is 7.71. The summed E-state index contributed by atoms with van der Waals surface area (Å²) in [6.07, 6.45) is 4.96. The smallest absolute Gasteiger partial charge is 0.214 e. The fraction of sp³-hybridized carbons (Fsp3) is 0.500. The second-order valence-electron chi connectivity index (χ2n) is 7.46. The standard InChI is InChI=1S/C20H27N7O2S/c1-13-24-25-20(30)27(13)23-7-4-14-5-8-26(9-6-14)19-15-10-17(28-2)18(29-3)11-16(15)21-12-22-19/h10-12,14,23H,4-9H2,1-3H3,(H,25,30). The highest BCUT2D eigenvalue weighted by atomic mass is 32.1. The molecule has 0 amide bonds. The fourth-order valence-electron chi connectivity index (χ4n) is 4.00. The largest absolute Gasteiger partial charge is 0.493 e. The lowest BCUT2D eigenvalue weighted by Crippen LogP contribution is -2.35. The SMILES string of the molecule is COc1cc2ncnc(N3CCC(CCNn4c(C)n[nH]c4=S)CC3)c2cc1OC. The number of hydrogen-bond donors (Lipinski definition) is 2. The number of ether oxygens (including phenoxy) is 2. The molecule has 0 unspecified atom stereocenters. The number of H-pyrrole nitrogens is 1. The molecule has 0 bridgehead atoms. The molecule has 1 saturated heterocycles. The van der Waals surface area contributed by atoms with Gasteiger partial charge in [-0.1, -0.05) is 0 Å². The van der Waals surface area contributed by atoms with Crippen LogP contribution >= 0.6 is 12.2 Å². The highest BCUT2D eigenvalue weighted by Gasteiger charge is 2.22. The van der Waals surface area contributed by atoms with Crippen LogP contribution in [0.15, 0.2) is 18.5 Å². The number of aryl methyl sites for hydroxylation is 1. The van der Waals surface area contributed by atoms with Gasteiger partial charge in [-0.15, -0.1) is 0 Å². The van der Waals surface area contributed by atoms with Gasteiger partial charge < -0.3 is 19.8 Å². The maximum absolute atomic E-state index is 5.47. The Morgan fingerprint density at radius 1 is 1.17 bits per heavy atom. The molecule has 0 radical (unpaired) electrons. The zero-order chi connectivity index (χ0) is 21.1. The van der Waals surface area contributed by atoms with E-state index in [4.69, 9.17) is 21.7 Å². The number of piperidine rings is 1. The molecule has 3 heterocycles. The lowest BCUT2D eigenvalue weighted by molar-refractivity contribution is 0.355. The summed E-state index contributed by atoms with van der Waals surface area (Å²) >= 11 is 5.23. The predicted octanol–water partition coefficient (Wildman–Crippen LogP) is 3.06. The maximum atomic E-state index is 5.47. The number of rotatable bonds is 7. The molecule has 2 aromatic heterocycles. The van der Waals surface area contributed by atoms with Crippen molar-refractivity contribution in [1.82, 2.24) is 24.8 Å². The van der Waals surface area contributed by atoms with Gasteiger partial charge in [-0.25, -0.2) is 14.6 Å². The van der Waals surface area contributed by atoms with Gasteiger partial charge >= 0.3 is 0 Å². The van der Waals surface area contributed by atoms with Crippen LogP contribution in [0.5, 0.6) is 11.5 Å². The van der Waals surface area contributed by atoms with Crippen LogP contribution in [0, 0.1) is 17.6 Å². The van der Waals surface area contributed by atoms with Crippen molar-refractivity contribution in [3.05, 3.63) is 29.1 Å². The van der Waals surface area contributed by atoms with Crippen LogP contribution in [0.4, 0.5) is 5.82 Å². The minimum absolute atomic E-state index is 0.602. The normalized spacial score (nSPS) is 14.8. The number of nitrogens with one attached hydrogen (secondary N) is 2. The quantitative estimate of drug-likeness (QED) is 0.554. The van der Waals surface area contributed by atoms with Crippen LogP contribution in [0.25, 0.3) is 10.9 Å². The molecule has 0 atom stereocenters. The molecule has 30 heavy (non-hydrogen) atoms. The highest BCUT2D eigenvalue weighted by Crippen LogP contribution is 2.35. The number of methoxy groups -OCH3 is 2. The third-order valence-corrected chi connectivity index (χ3v) is 5.97. The van der Waals surface area contributed by atoms with E-state index >= 15 is 0 Å². The Morgan fingerprint density at radius 3 is 2.57 bits per heavy atom. The minimum atomic E-state index is 0.602. The average Bonchev–Trinajstić information content (AvgIpc) is 3.10. The van der Waals surface area contributed by atoms with Gasteiger partial charge in [0.2, 0.25) is 4.77 Å². The Morgan fingerprint density at radius 2 is 1.90 bits per heavy atom. The van der Waals surface area contributed by atoms with E-state index in [1.807, 2.05) is 23.7 Å². The van der Waals surface area contributed by atoms with E-state index in [0.29, 0.717) is 22.2 Å². The number of aromatic nitrogens is 5. The summed E-state index contributed by atoms with van der Waals surface area (Å²) in [4.78, 5) is 11.3. The first kappa shape index (κ1) is 20.4. The molecule has 4 rings (SSSR count). The molecular weight excluding hydrogens is 402 g/mol. The summed E-state index contributed by atoms with van der Waals surface area (Å²) in [6, 6.07) is 3.87. The van der Waals surface area contributed by atoms with Crippen molar-refractivity contribution in [1.29, 1.82) is 0 Å². The molecular formula is C20H27N7O2S. The molecule has 1 aliphatic rings. The Bertz CT molecular complexity index is 1070. The van der Waals surface area contributed by atoms with E-state index in [-0.39, 0.29) is 0 Å². The summed E-state index contributed by atoms with van der Waals surface area (Å²) in [5.41, 5.74) is 4.22. The molecule has 160 valence electrons. The lowest BCUT2D eigenvalue weighted by atomic mass is 9.93. The van der Waals surface area contributed by atoms with E-state index in [1.165, 1.54) is 0 Å². The van der Waals surface area contributed by atoms with Gasteiger partial charge in [0.05, 0.1) is 19.7 Å². The Hall–Kier alpha value is -2.88. The van der Waals surface area contributed by atoms with Crippen LogP contribution in [-0.4, -0.2) is 58.7 Å². The Kier molecular flexibility index (Phi) is 6.03. The van der Waals surface area contributed by atoms with Gasteiger partial charge in [0.1, 0.15) is 18.0 Å². The van der Waals surface area contributed by atoms with Gasteiger partial charge in [-0.2, -0.15) is 5.10 Å². The van der Waals surface area contributed by atoms with E-state index in [2.05, 4.69) is 30.5 Å². The first-order valence-electron chi connectivity index (χ1n) is 10.1. The lowest BCUT2D eigenvalue weighted by Gasteiger charge is -2.33. The van der Waals surface area contributed by atoms with Crippen molar-refractivity contribution in [2.24, 2.45) is 5.92 Å². The molecule has 1 fully saturated rings. The molecule has 9 nitrogen and oxygen atoms in total. The molecule has 3 aromatic rings. The van der Waals surface area contributed by atoms with Crippen molar-refractivity contribution < 1.29 is 9.47 Å². The number of aromatic amines is 1. The second-order valence-corrected chi connectivity index (χ2v) is 7.85. The van der Waals surface area contributed by atoms with Gasteiger partial charge in [0, 0.05) is 31.1 Å². The second kappa shape index (κ2) is 8.86. The minimum Gasteiger partial charge on any atom is -0.493 e. The molecule has 1 aromatic carbocycles. The summed E-state index contributed by atoms with van der Waals surface area (Å²) in [7, 11) is 3.28. The number of fused-ring (bicyclic) bond motifs is 1. The van der Waals surface area contributed by atoms with Crippen molar-refractivity contribution in [2.45, 2.75) is 26.2 Å². The molecule has 10 heteroatoms. The zero-order valence-corrected chi connectivity index (χ0v) is 18.3. The van der Waals surface area contributed by atoms with Crippen LogP contribution in [0.1, 0.15) is 25.1 Å².